The number of nitrogens with one attached hydrogen (secondary N) is 1. The van der Waals surface area contributed by atoms with Gasteiger partial charge in [-0.15, -0.1) is 0 Å². The summed E-state index contributed by atoms with van der Waals surface area (Å²) in [5.74, 6) is 0.550. The van der Waals surface area contributed by atoms with Gasteiger partial charge in [-0.05, 0) is 6.42 Å². The Labute approximate surface area is 103 Å². The smallest absolute Gasteiger partial charge is 0.156 e. The van der Waals surface area contributed by atoms with E-state index in [1.807, 2.05) is 6.20 Å². The molecule has 1 aliphatic rings. The first-order valence-corrected chi connectivity index (χ1v) is 5.94. The fourth-order valence-electron chi connectivity index (χ4n) is 2.35. The summed E-state index contributed by atoms with van der Waals surface area (Å²) in [6.45, 7) is 0.199. The SMILES string of the molecule is OC[C@@H]1C=CC(c2c[nH]c3c(Cl)ncnc23)C1. The number of aromatic nitrogens is 3. The summed E-state index contributed by atoms with van der Waals surface area (Å²) in [6, 6.07) is 0. The molecule has 2 aromatic rings. The van der Waals surface area contributed by atoms with E-state index >= 15 is 0 Å². The van der Waals surface area contributed by atoms with Crippen molar-refractivity contribution in [3.05, 3.63) is 35.4 Å². The van der Waals surface area contributed by atoms with Gasteiger partial charge >= 0.3 is 0 Å². The van der Waals surface area contributed by atoms with Crippen LogP contribution in [0.5, 0.6) is 0 Å². The number of allylic oxidation sites excluding steroid dienone is 1. The maximum atomic E-state index is 9.13. The molecule has 0 fully saturated rings. The number of fused-ring (bicyclic) bond motifs is 1. The van der Waals surface area contributed by atoms with Gasteiger partial charge in [0.05, 0.1) is 5.52 Å². The summed E-state index contributed by atoms with van der Waals surface area (Å²) in [4.78, 5) is 11.3. The molecule has 2 N–H and O–H groups in total. The standard InChI is InChI=1S/C12H12ClN3O/c13-12-11-10(15-6-16-12)9(4-14-11)8-2-1-7(3-8)5-17/h1-2,4,6-8,14,17H,3,5H2/t7-,8?/m1/s1. The Hall–Kier alpha value is -1.39. The Balaban J connectivity index is 2.02. The molecule has 0 bridgehead atoms. The third-order valence-corrected chi connectivity index (χ3v) is 3.54. The van der Waals surface area contributed by atoms with Crippen LogP contribution in [0.2, 0.25) is 5.15 Å². The van der Waals surface area contributed by atoms with E-state index in [9.17, 15) is 0 Å². The lowest BCUT2D eigenvalue weighted by atomic mass is 9.97. The van der Waals surface area contributed by atoms with Gasteiger partial charge < -0.3 is 10.1 Å². The van der Waals surface area contributed by atoms with Gasteiger partial charge in [0.15, 0.2) is 5.15 Å². The topological polar surface area (TPSA) is 61.8 Å². The lowest BCUT2D eigenvalue weighted by molar-refractivity contribution is 0.249. The maximum Gasteiger partial charge on any atom is 0.156 e. The molecule has 3 rings (SSSR count). The molecular formula is C12H12ClN3O. The van der Waals surface area contributed by atoms with Gasteiger partial charge in [0.1, 0.15) is 11.8 Å². The Bertz CT molecular complexity index is 578. The second kappa shape index (κ2) is 4.13. The van der Waals surface area contributed by atoms with Crippen molar-refractivity contribution in [3.8, 4) is 0 Å². The van der Waals surface area contributed by atoms with Crippen LogP contribution in [0, 0.1) is 5.92 Å². The largest absolute Gasteiger partial charge is 0.396 e. The van der Waals surface area contributed by atoms with Gasteiger partial charge in [-0.3, -0.25) is 0 Å². The molecule has 0 amide bonds. The number of hydrogen-bond acceptors (Lipinski definition) is 3. The first-order chi connectivity index (χ1) is 8.29. The third kappa shape index (κ3) is 1.73. The van der Waals surface area contributed by atoms with Crippen LogP contribution in [0.3, 0.4) is 0 Å². The molecule has 88 valence electrons. The number of hydrogen-bond donors (Lipinski definition) is 2. The van der Waals surface area contributed by atoms with Crippen LogP contribution in [0.15, 0.2) is 24.7 Å². The van der Waals surface area contributed by atoms with Crippen molar-refractivity contribution in [2.45, 2.75) is 12.3 Å². The highest BCUT2D eigenvalue weighted by molar-refractivity contribution is 6.33. The number of rotatable bonds is 2. The van der Waals surface area contributed by atoms with Crippen LogP contribution in [0.4, 0.5) is 0 Å². The second-order valence-corrected chi connectivity index (χ2v) is 4.66. The first-order valence-electron chi connectivity index (χ1n) is 5.56. The van der Waals surface area contributed by atoms with E-state index in [0.717, 1.165) is 23.0 Å². The molecule has 1 unspecified atom stereocenters. The molecular weight excluding hydrogens is 238 g/mol. The molecule has 0 saturated heterocycles. The maximum absolute atomic E-state index is 9.13. The highest BCUT2D eigenvalue weighted by atomic mass is 35.5. The van der Waals surface area contributed by atoms with Crippen LogP contribution in [-0.4, -0.2) is 26.7 Å². The van der Waals surface area contributed by atoms with Crippen molar-refractivity contribution >= 4 is 22.6 Å². The van der Waals surface area contributed by atoms with E-state index in [0.29, 0.717) is 11.1 Å². The van der Waals surface area contributed by atoms with Gasteiger partial charge in [0, 0.05) is 30.2 Å². The minimum Gasteiger partial charge on any atom is -0.396 e. The zero-order valence-corrected chi connectivity index (χ0v) is 9.85. The van der Waals surface area contributed by atoms with Crippen molar-refractivity contribution in [2.24, 2.45) is 5.92 Å². The van der Waals surface area contributed by atoms with Crippen LogP contribution in [0.25, 0.3) is 11.0 Å². The minimum atomic E-state index is 0.199. The van der Waals surface area contributed by atoms with E-state index in [2.05, 4.69) is 27.1 Å². The number of halogens is 1. The minimum absolute atomic E-state index is 0.199. The van der Waals surface area contributed by atoms with Crippen LogP contribution in [-0.2, 0) is 0 Å². The zero-order valence-electron chi connectivity index (χ0n) is 9.10. The Morgan fingerprint density at radius 2 is 2.29 bits per heavy atom. The number of aliphatic hydroxyl groups is 1. The van der Waals surface area contributed by atoms with Gasteiger partial charge in [-0.2, -0.15) is 0 Å². The lowest BCUT2D eigenvalue weighted by Gasteiger charge is -2.08. The molecule has 0 aromatic carbocycles. The molecule has 0 radical (unpaired) electrons. The monoisotopic (exact) mass is 249 g/mol. The quantitative estimate of drug-likeness (QED) is 0.634. The molecule has 1 aliphatic carbocycles. The molecule has 2 atom stereocenters. The van der Waals surface area contributed by atoms with E-state index in [1.54, 1.807) is 0 Å². The second-order valence-electron chi connectivity index (χ2n) is 4.30. The molecule has 5 heteroatoms. The van der Waals surface area contributed by atoms with Crippen LogP contribution in [0.1, 0.15) is 17.9 Å². The average Bonchev–Trinajstić information content (AvgIpc) is 2.94. The summed E-state index contributed by atoms with van der Waals surface area (Å²) < 4.78 is 0. The first kappa shape index (κ1) is 10.7. The van der Waals surface area contributed by atoms with Crippen molar-refractivity contribution in [2.75, 3.05) is 6.61 Å². The Morgan fingerprint density at radius 3 is 3.06 bits per heavy atom. The van der Waals surface area contributed by atoms with Gasteiger partial charge in [0.2, 0.25) is 0 Å². The van der Waals surface area contributed by atoms with E-state index in [4.69, 9.17) is 16.7 Å². The predicted molar refractivity (Wildman–Crippen MR) is 66.0 cm³/mol. The summed E-state index contributed by atoms with van der Waals surface area (Å²) in [5.41, 5.74) is 2.78. The molecule has 17 heavy (non-hydrogen) atoms. The van der Waals surface area contributed by atoms with Gasteiger partial charge in [-0.25, -0.2) is 9.97 Å². The molecule has 2 heterocycles. The third-order valence-electron chi connectivity index (χ3n) is 3.25. The van der Waals surface area contributed by atoms with Crippen molar-refractivity contribution in [1.29, 1.82) is 0 Å². The van der Waals surface area contributed by atoms with Crippen LogP contribution >= 0.6 is 11.6 Å². The number of aromatic amines is 1. The molecule has 0 saturated carbocycles. The van der Waals surface area contributed by atoms with Crippen LogP contribution < -0.4 is 0 Å². The van der Waals surface area contributed by atoms with E-state index < -0.39 is 0 Å². The van der Waals surface area contributed by atoms with Crippen molar-refractivity contribution < 1.29 is 5.11 Å². The number of nitrogens with zero attached hydrogens (tertiary/aromatic N) is 2. The zero-order chi connectivity index (χ0) is 11.8. The average molecular weight is 250 g/mol. The summed E-state index contributed by atoms with van der Waals surface area (Å²) in [5, 5.41) is 9.58. The normalized spacial score (nSPS) is 23.6. The Kier molecular flexibility index (Phi) is 2.61. The lowest BCUT2D eigenvalue weighted by Crippen LogP contribution is -2.01. The number of H-pyrrole nitrogens is 1. The molecule has 4 nitrogen and oxygen atoms in total. The van der Waals surface area contributed by atoms with Gasteiger partial charge in [0.25, 0.3) is 0 Å². The molecule has 2 aromatic heterocycles. The number of aliphatic hydroxyl groups excluding tert-OH is 1. The highest BCUT2D eigenvalue weighted by Crippen LogP contribution is 2.35. The summed E-state index contributed by atoms with van der Waals surface area (Å²) in [6.07, 6.45) is 8.51. The van der Waals surface area contributed by atoms with E-state index in [1.165, 1.54) is 6.33 Å². The van der Waals surface area contributed by atoms with Crippen molar-refractivity contribution in [1.82, 2.24) is 15.0 Å². The predicted octanol–water partition coefficient (Wildman–Crippen LogP) is 2.26. The van der Waals surface area contributed by atoms with Gasteiger partial charge in [-0.1, -0.05) is 23.8 Å². The fraction of sp³-hybridized carbons (Fsp3) is 0.333. The fourth-order valence-corrected chi connectivity index (χ4v) is 2.54. The molecule has 0 aliphatic heterocycles. The highest BCUT2D eigenvalue weighted by Gasteiger charge is 2.23. The summed E-state index contributed by atoms with van der Waals surface area (Å²) in [7, 11) is 0. The Morgan fingerprint density at radius 1 is 1.41 bits per heavy atom. The van der Waals surface area contributed by atoms with E-state index in [-0.39, 0.29) is 12.5 Å². The summed E-state index contributed by atoms with van der Waals surface area (Å²) >= 11 is 5.99. The molecule has 0 spiro atoms. The van der Waals surface area contributed by atoms with Crippen molar-refractivity contribution in [3.63, 3.8) is 0 Å².